The van der Waals surface area contributed by atoms with Gasteiger partial charge in [-0.15, -0.1) is 0 Å². The molecule has 23 heavy (non-hydrogen) atoms. The molecule has 0 bridgehead atoms. The van der Waals surface area contributed by atoms with E-state index in [-0.39, 0.29) is 5.91 Å². The zero-order chi connectivity index (χ0) is 16.5. The zero-order valence-electron chi connectivity index (χ0n) is 13.5. The van der Waals surface area contributed by atoms with Crippen LogP contribution in [0.2, 0.25) is 0 Å². The van der Waals surface area contributed by atoms with Crippen LogP contribution in [0.25, 0.3) is 0 Å². The predicted octanol–water partition coefficient (Wildman–Crippen LogP) is 4.26. The van der Waals surface area contributed by atoms with Crippen molar-refractivity contribution in [2.24, 2.45) is 0 Å². The van der Waals surface area contributed by atoms with Gasteiger partial charge < -0.3 is 5.32 Å². The Morgan fingerprint density at radius 1 is 1.00 bits per heavy atom. The lowest BCUT2D eigenvalue weighted by atomic mass is 10.2. The SMILES string of the molecule is CCCCC(=O)Nc1cccc(CS(=O)Cc2ccccc2)c1. The first-order chi connectivity index (χ1) is 11.2. The van der Waals surface area contributed by atoms with Crippen LogP contribution >= 0.6 is 0 Å². The molecule has 0 aliphatic carbocycles. The summed E-state index contributed by atoms with van der Waals surface area (Å²) >= 11 is 0. The van der Waals surface area contributed by atoms with E-state index in [1.807, 2.05) is 54.6 Å². The van der Waals surface area contributed by atoms with E-state index in [4.69, 9.17) is 0 Å². The highest BCUT2D eigenvalue weighted by molar-refractivity contribution is 7.83. The monoisotopic (exact) mass is 329 g/mol. The highest BCUT2D eigenvalue weighted by atomic mass is 32.2. The van der Waals surface area contributed by atoms with Crippen LogP contribution in [0.4, 0.5) is 5.69 Å². The molecule has 0 heterocycles. The van der Waals surface area contributed by atoms with Gasteiger partial charge in [0.2, 0.25) is 5.91 Å². The highest BCUT2D eigenvalue weighted by Gasteiger charge is 2.06. The first-order valence-corrected chi connectivity index (χ1v) is 9.44. The molecule has 0 saturated heterocycles. The Morgan fingerprint density at radius 2 is 1.70 bits per heavy atom. The van der Waals surface area contributed by atoms with Crippen molar-refractivity contribution < 1.29 is 9.00 Å². The number of carbonyl (C=O) groups excluding carboxylic acids is 1. The fourth-order valence-corrected chi connectivity index (χ4v) is 3.51. The van der Waals surface area contributed by atoms with Crippen molar-refractivity contribution in [3.05, 3.63) is 65.7 Å². The summed E-state index contributed by atoms with van der Waals surface area (Å²) in [6.45, 7) is 2.07. The van der Waals surface area contributed by atoms with Gasteiger partial charge in [0.1, 0.15) is 0 Å². The molecule has 0 spiro atoms. The van der Waals surface area contributed by atoms with Gasteiger partial charge in [0, 0.05) is 34.4 Å². The third-order valence-electron chi connectivity index (χ3n) is 3.47. The summed E-state index contributed by atoms with van der Waals surface area (Å²) in [6, 6.07) is 17.5. The number of hydrogen-bond donors (Lipinski definition) is 1. The molecular formula is C19H23NO2S. The predicted molar refractivity (Wildman–Crippen MR) is 96.6 cm³/mol. The van der Waals surface area contributed by atoms with Crippen LogP contribution in [0.5, 0.6) is 0 Å². The average molecular weight is 329 g/mol. The number of benzene rings is 2. The molecule has 2 rings (SSSR count). The topological polar surface area (TPSA) is 46.2 Å². The maximum Gasteiger partial charge on any atom is 0.224 e. The Bertz CT molecular complexity index is 655. The van der Waals surface area contributed by atoms with Gasteiger partial charge in [-0.25, -0.2) is 0 Å². The second kappa shape index (κ2) is 9.26. The summed E-state index contributed by atoms with van der Waals surface area (Å²) in [4.78, 5) is 11.8. The molecule has 2 aromatic carbocycles. The van der Waals surface area contributed by atoms with Gasteiger partial charge in [0.25, 0.3) is 0 Å². The van der Waals surface area contributed by atoms with Crippen LogP contribution in [0.15, 0.2) is 54.6 Å². The molecule has 0 fully saturated rings. The summed E-state index contributed by atoms with van der Waals surface area (Å²) in [5, 5.41) is 2.90. The molecule has 0 aliphatic heterocycles. The Balaban J connectivity index is 1.91. The third kappa shape index (κ3) is 6.37. The van der Waals surface area contributed by atoms with Gasteiger partial charge in [-0.2, -0.15) is 0 Å². The lowest BCUT2D eigenvalue weighted by Gasteiger charge is -2.08. The first-order valence-electron chi connectivity index (χ1n) is 7.95. The Morgan fingerprint density at radius 3 is 2.43 bits per heavy atom. The summed E-state index contributed by atoms with van der Waals surface area (Å²) in [5.74, 6) is 1.08. The van der Waals surface area contributed by atoms with E-state index in [9.17, 15) is 9.00 Å². The number of rotatable bonds is 8. The van der Waals surface area contributed by atoms with Crippen molar-refractivity contribution in [2.75, 3.05) is 5.32 Å². The molecule has 2 aromatic rings. The molecule has 3 nitrogen and oxygen atoms in total. The lowest BCUT2D eigenvalue weighted by Crippen LogP contribution is -2.11. The van der Waals surface area contributed by atoms with Crippen LogP contribution in [0.3, 0.4) is 0 Å². The Kier molecular flexibility index (Phi) is 7.01. The van der Waals surface area contributed by atoms with Gasteiger partial charge in [0.05, 0.1) is 0 Å². The van der Waals surface area contributed by atoms with Gasteiger partial charge in [0.15, 0.2) is 0 Å². The third-order valence-corrected chi connectivity index (χ3v) is 4.78. The van der Waals surface area contributed by atoms with Crippen LogP contribution in [0.1, 0.15) is 37.3 Å². The molecule has 1 N–H and O–H groups in total. The largest absolute Gasteiger partial charge is 0.326 e. The maximum absolute atomic E-state index is 12.3. The van der Waals surface area contributed by atoms with E-state index in [0.29, 0.717) is 17.9 Å². The number of hydrogen-bond acceptors (Lipinski definition) is 2. The second-order valence-electron chi connectivity index (χ2n) is 5.57. The molecular weight excluding hydrogens is 306 g/mol. The molecule has 1 atom stereocenters. The van der Waals surface area contributed by atoms with Crippen molar-refractivity contribution >= 4 is 22.4 Å². The van der Waals surface area contributed by atoms with E-state index in [1.54, 1.807) is 0 Å². The van der Waals surface area contributed by atoms with Crippen LogP contribution in [-0.2, 0) is 27.1 Å². The molecule has 0 radical (unpaired) electrons. The van der Waals surface area contributed by atoms with E-state index in [0.717, 1.165) is 29.7 Å². The fourth-order valence-electron chi connectivity index (χ4n) is 2.30. The Labute approximate surface area is 140 Å². The number of amides is 1. The van der Waals surface area contributed by atoms with Crippen molar-refractivity contribution in [2.45, 2.75) is 37.7 Å². The normalized spacial score (nSPS) is 11.9. The van der Waals surface area contributed by atoms with Crippen molar-refractivity contribution in [3.8, 4) is 0 Å². The maximum atomic E-state index is 12.3. The summed E-state index contributed by atoms with van der Waals surface area (Å²) < 4.78 is 12.3. The highest BCUT2D eigenvalue weighted by Crippen LogP contribution is 2.15. The molecule has 0 aliphatic rings. The van der Waals surface area contributed by atoms with Gasteiger partial charge in [-0.3, -0.25) is 9.00 Å². The summed E-state index contributed by atoms with van der Waals surface area (Å²) in [7, 11) is -0.960. The standard InChI is InChI=1S/C19H23NO2S/c1-2-3-12-19(21)20-18-11-7-10-17(13-18)15-23(22)14-16-8-5-4-6-9-16/h4-11,13H,2-3,12,14-15H2,1H3,(H,20,21). The molecule has 1 unspecified atom stereocenters. The number of unbranched alkanes of at least 4 members (excludes halogenated alkanes) is 1. The number of carbonyl (C=O) groups is 1. The van der Waals surface area contributed by atoms with Crippen LogP contribution < -0.4 is 5.32 Å². The molecule has 122 valence electrons. The van der Waals surface area contributed by atoms with Crippen molar-refractivity contribution in [1.82, 2.24) is 0 Å². The minimum Gasteiger partial charge on any atom is -0.326 e. The van der Waals surface area contributed by atoms with Crippen molar-refractivity contribution in [1.29, 1.82) is 0 Å². The van der Waals surface area contributed by atoms with Crippen LogP contribution in [-0.4, -0.2) is 10.1 Å². The van der Waals surface area contributed by atoms with Crippen LogP contribution in [0, 0.1) is 0 Å². The van der Waals surface area contributed by atoms with Gasteiger partial charge in [-0.05, 0) is 29.7 Å². The number of anilines is 1. The zero-order valence-corrected chi connectivity index (χ0v) is 14.3. The molecule has 4 heteroatoms. The lowest BCUT2D eigenvalue weighted by molar-refractivity contribution is -0.116. The van der Waals surface area contributed by atoms with E-state index >= 15 is 0 Å². The summed E-state index contributed by atoms with van der Waals surface area (Å²) in [6.07, 6.45) is 2.44. The minimum absolute atomic E-state index is 0.0365. The fraction of sp³-hybridized carbons (Fsp3) is 0.316. The first kappa shape index (κ1) is 17.4. The minimum atomic E-state index is -0.960. The second-order valence-corrected chi connectivity index (χ2v) is 7.02. The molecule has 0 saturated carbocycles. The Hall–Kier alpha value is -1.94. The van der Waals surface area contributed by atoms with E-state index < -0.39 is 10.8 Å². The molecule has 0 aromatic heterocycles. The van der Waals surface area contributed by atoms with E-state index in [2.05, 4.69) is 12.2 Å². The summed E-state index contributed by atoms with van der Waals surface area (Å²) in [5.41, 5.74) is 2.84. The quantitative estimate of drug-likeness (QED) is 0.786. The molecule has 1 amide bonds. The van der Waals surface area contributed by atoms with Gasteiger partial charge in [-0.1, -0.05) is 55.8 Å². The smallest absolute Gasteiger partial charge is 0.224 e. The van der Waals surface area contributed by atoms with Crippen molar-refractivity contribution in [3.63, 3.8) is 0 Å². The van der Waals surface area contributed by atoms with E-state index in [1.165, 1.54) is 0 Å². The average Bonchev–Trinajstić information content (AvgIpc) is 2.54. The van der Waals surface area contributed by atoms with Gasteiger partial charge >= 0.3 is 0 Å². The number of nitrogens with one attached hydrogen (secondary N) is 1.